The maximum Gasteiger partial charge on any atom is 0.407 e. The summed E-state index contributed by atoms with van der Waals surface area (Å²) in [5, 5.41) is 16.2. The van der Waals surface area contributed by atoms with Gasteiger partial charge in [-0.3, -0.25) is 4.79 Å². The molecule has 0 aromatic heterocycles. The summed E-state index contributed by atoms with van der Waals surface area (Å²) in [6.07, 6.45) is 13.4. The number of nitriles is 1. The lowest BCUT2D eigenvalue weighted by Gasteiger charge is -2.62. The summed E-state index contributed by atoms with van der Waals surface area (Å²) in [6.45, 7) is 3.66. The fourth-order valence-electron chi connectivity index (χ4n) is 7.30. The minimum absolute atomic E-state index is 0.0364. The van der Waals surface area contributed by atoms with Crippen molar-refractivity contribution >= 4 is 12.0 Å². The monoisotopic (exact) mass is 444 g/mol. The minimum Gasteiger partial charge on any atom is -0.450 e. The van der Waals surface area contributed by atoms with Crippen molar-refractivity contribution in [1.82, 2.24) is 15.5 Å². The van der Waals surface area contributed by atoms with Crippen LogP contribution in [0.4, 0.5) is 4.79 Å². The Morgan fingerprint density at radius 2 is 1.81 bits per heavy atom. The first-order chi connectivity index (χ1) is 15.5. The first-order valence-electron chi connectivity index (χ1n) is 12.9. The third kappa shape index (κ3) is 5.22. The number of ether oxygens (including phenoxy) is 1. The summed E-state index contributed by atoms with van der Waals surface area (Å²) in [6, 6.07) is 1.99. The first-order valence-corrected chi connectivity index (χ1v) is 12.9. The number of nitrogens with zero attached hydrogens (tertiary/aromatic N) is 2. The second-order valence-corrected chi connectivity index (χ2v) is 10.9. The van der Waals surface area contributed by atoms with E-state index in [1.165, 1.54) is 25.7 Å². The van der Waals surface area contributed by atoms with Crippen molar-refractivity contribution in [3.63, 3.8) is 0 Å². The minimum atomic E-state index is -0.275. The maximum atomic E-state index is 12.8. The Morgan fingerprint density at radius 3 is 2.53 bits per heavy atom. The van der Waals surface area contributed by atoms with Crippen LogP contribution >= 0.6 is 0 Å². The van der Waals surface area contributed by atoms with Gasteiger partial charge in [0.1, 0.15) is 6.04 Å². The molecule has 0 spiro atoms. The maximum absolute atomic E-state index is 12.8. The Labute approximate surface area is 192 Å². The molecule has 5 rings (SSSR count). The van der Waals surface area contributed by atoms with E-state index in [0.717, 1.165) is 57.8 Å². The molecule has 1 saturated heterocycles. The zero-order valence-electron chi connectivity index (χ0n) is 19.7. The first kappa shape index (κ1) is 23.4. The molecule has 5 aliphatic rings. The van der Waals surface area contributed by atoms with Crippen LogP contribution in [0.2, 0.25) is 0 Å². The number of carbonyl (C=O) groups excluding carboxylic acids is 2. The summed E-state index contributed by atoms with van der Waals surface area (Å²) in [4.78, 5) is 27.1. The summed E-state index contributed by atoms with van der Waals surface area (Å²) in [5.41, 5.74) is -0.294. The predicted octanol–water partition coefficient (Wildman–Crippen LogP) is 3.88. The molecule has 0 aromatic rings. The van der Waals surface area contributed by atoms with Gasteiger partial charge in [0, 0.05) is 17.6 Å². The molecule has 4 bridgehead atoms. The van der Waals surface area contributed by atoms with Crippen LogP contribution in [0.3, 0.4) is 0 Å². The molecule has 2 N–H and O–H groups in total. The SMILES string of the molecule is CCCCCCCOC(=O)NC12CC3CC(CC(NCC(=O)N4CCC[C@H]4C#N)(C3)C1)C2. The largest absolute Gasteiger partial charge is 0.450 e. The van der Waals surface area contributed by atoms with Crippen molar-refractivity contribution in [3.05, 3.63) is 0 Å². The number of hydrogen-bond donors (Lipinski definition) is 2. The van der Waals surface area contributed by atoms with Crippen LogP contribution in [0.15, 0.2) is 0 Å². The van der Waals surface area contributed by atoms with Crippen LogP contribution < -0.4 is 10.6 Å². The van der Waals surface area contributed by atoms with Gasteiger partial charge in [-0.15, -0.1) is 0 Å². The smallest absolute Gasteiger partial charge is 0.407 e. The van der Waals surface area contributed by atoms with Gasteiger partial charge in [0.25, 0.3) is 0 Å². The van der Waals surface area contributed by atoms with Gasteiger partial charge in [0.15, 0.2) is 0 Å². The molecule has 5 fully saturated rings. The average molecular weight is 445 g/mol. The summed E-state index contributed by atoms with van der Waals surface area (Å²) < 4.78 is 5.52. The molecule has 2 amide bonds. The number of carbonyl (C=O) groups is 2. The van der Waals surface area contributed by atoms with E-state index in [0.29, 0.717) is 25.0 Å². The molecular formula is C25H40N4O3. The number of rotatable bonds is 10. The Balaban J connectivity index is 1.30. The van der Waals surface area contributed by atoms with Crippen LogP contribution in [-0.4, -0.2) is 53.7 Å². The average Bonchev–Trinajstić information content (AvgIpc) is 3.22. The molecule has 4 aliphatic carbocycles. The number of unbranched alkanes of at least 4 members (excludes halogenated alkanes) is 4. The lowest BCUT2D eigenvalue weighted by molar-refractivity contribution is -0.131. The molecule has 1 heterocycles. The molecule has 178 valence electrons. The van der Waals surface area contributed by atoms with E-state index in [1.54, 1.807) is 4.90 Å². The number of nitrogens with one attached hydrogen (secondary N) is 2. The van der Waals surface area contributed by atoms with Gasteiger partial charge in [0.05, 0.1) is 19.2 Å². The molecule has 1 aliphatic heterocycles. The summed E-state index contributed by atoms with van der Waals surface area (Å²) in [7, 11) is 0. The van der Waals surface area contributed by atoms with Gasteiger partial charge in [-0.1, -0.05) is 32.6 Å². The van der Waals surface area contributed by atoms with Gasteiger partial charge in [-0.05, 0) is 69.6 Å². The Morgan fingerprint density at radius 1 is 1.09 bits per heavy atom. The Hall–Kier alpha value is -1.81. The molecule has 32 heavy (non-hydrogen) atoms. The number of amides is 2. The van der Waals surface area contributed by atoms with Crippen LogP contribution in [0, 0.1) is 23.2 Å². The van der Waals surface area contributed by atoms with E-state index in [1.807, 2.05) is 0 Å². The topological polar surface area (TPSA) is 94.5 Å². The van der Waals surface area contributed by atoms with Crippen LogP contribution in [-0.2, 0) is 9.53 Å². The van der Waals surface area contributed by atoms with Crippen molar-refractivity contribution < 1.29 is 14.3 Å². The zero-order valence-corrected chi connectivity index (χ0v) is 19.7. The van der Waals surface area contributed by atoms with E-state index < -0.39 is 0 Å². The Bertz CT molecular complexity index is 719. The molecule has 0 radical (unpaired) electrons. The van der Waals surface area contributed by atoms with E-state index in [-0.39, 0.29) is 35.7 Å². The highest BCUT2D eigenvalue weighted by Crippen LogP contribution is 2.57. The molecule has 7 heteroatoms. The summed E-state index contributed by atoms with van der Waals surface area (Å²) >= 11 is 0. The molecular weight excluding hydrogens is 404 g/mol. The molecule has 7 nitrogen and oxygen atoms in total. The predicted molar refractivity (Wildman–Crippen MR) is 122 cm³/mol. The van der Waals surface area contributed by atoms with Crippen LogP contribution in [0.1, 0.15) is 90.4 Å². The van der Waals surface area contributed by atoms with Crippen molar-refractivity contribution in [2.24, 2.45) is 11.8 Å². The normalized spacial score (nSPS) is 35.0. The molecule has 3 atom stereocenters. The highest BCUT2D eigenvalue weighted by molar-refractivity contribution is 5.79. The number of hydrogen-bond acceptors (Lipinski definition) is 5. The number of likely N-dealkylation sites (tertiary alicyclic amines) is 1. The lowest BCUT2D eigenvalue weighted by atomic mass is 9.50. The lowest BCUT2D eigenvalue weighted by Crippen LogP contribution is -2.69. The highest BCUT2D eigenvalue weighted by Gasteiger charge is 2.58. The number of alkyl carbamates (subject to hydrolysis) is 1. The second kappa shape index (κ2) is 9.99. The Kier molecular flexibility index (Phi) is 7.29. The van der Waals surface area contributed by atoms with Crippen LogP contribution in [0.25, 0.3) is 0 Å². The van der Waals surface area contributed by atoms with Gasteiger partial charge < -0.3 is 20.3 Å². The van der Waals surface area contributed by atoms with Crippen molar-refractivity contribution in [3.8, 4) is 6.07 Å². The van der Waals surface area contributed by atoms with Crippen molar-refractivity contribution in [1.29, 1.82) is 5.26 Å². The fraction of sp³-hybridized carbons (Fsp3) is 0.880. The molecule has 0 aromatic carbocycles. The van der Waals surface area contributed by atoms with Crippen molar-refractivity contribution in [2.75, 3.05) is 19.7 Å². The van der Waals surface area contributed by atoms with E-state index >= 15 is 0 Å². The molecule has 4 saturated carbocycles. The van der Waals surface area contributed by atoms with E-state index in [2.05, 4.69) is 23.6 Å². The van der Waals surface area contributed by atoms with Gasteiger partial charge in [-0.25, -0.2) is 4.79 Å². The van der Waals surface area contributed by atoms with Gasteiger partial charge in [-0.2, -0.15) is 5.26 Å². The van der Waals surface area contributed by atoms with E-state index in [9.17, 15) is 14.9 Å². The summed E-state index contributed by atoms with van der Waals surface area (Å²) in [5.74, 6) is 1.22. The second-order valence-electron chi connectivity index (χ2n) is 10.9. The van der Waals surface area contributed by atoms with Crippen LogP contribution in [0.5, 0.6) is 0 Å². The van der Waals surface area contributed by atoms with Gasteiger partial charge in [0.2, 0.25) is 5.91 Å². The highest BCUT2D eigenvalue weighted by atomic mass is 16.5. The fourth-order valence-corrected chi connectivity index (χ4v) is 7.30. The standard InChI is InChI=1S/C25H40N4O3/c1-2-3-4-5-6-10-32-23(31)28-25-14-19-11-20(15-25)13-24(12-19,18-25)27-17-22(30)29-9-7-8-21(29)16-26/h19-21,27H,2-15,17-18H2,1H3,(H,28,31)/t19?,20?,21-,24?,25?/m0/s1. The van der Waals surface area contributed by atoms with E-state index in [4.69, 9.17) is 4.74 Å². The third-order valence-electron chi connectivity index (χ3n) is 8.25. The van der Waals surface area contributed by atoms with Crippen molar-refractivity contribution in [2.45, 2.75) is 108 Å². The molecule has 2 unspecified atom stereocenters. The third-order valence-corrected chi connectivity index (χ3v) is 8.25. The van der Waals surface area contributed by atoms with Gasteiger partial charge >= 0.3 is 6.09 Å². The zero-order chi connectivity index (χ0) is 22.6. The quantitative estimate of drug-likeness (QED) is 0.499.